The van der Waals surface area contributed by atoms with Gasteiger partial charge in [-0.05, 0) is 18.4 Å². The molecule has 0 saturated heterocycles. The quantitative estimate of drug-likeness (QED) is 0.658. The number of hydrogen-bond acceptors (Lipinski definition) is 4. The van der Waals surface area contributed by atoms with Gasteiger partial charge in [0.25, 0.3) is 5.69 Å². The molecule has 0 aliphatic heterocycles. The summed E-state index contributed by atoms with van der Waals surface area (Å²) < 4.78 is 0. The Hall–Kier alpha value is -1.75. The van der Waals surface area contributed by atoms with Gasteiger partial charge in [0.15, 0.2) is 0 Å². The molecule has 0 bridgehead atoms. The third kappa shape index (κ3) is 2.56. The Kier molecular flexibility index (Phi) is 3.72. The van der Waals surface area contributed by atoms with Crippen LogP contribution in [0.1, 0.15) is 37.4 Å². The van der Waals surface area contributed by atoms with E-state index in [-0.39, 0.29) is 11.5 Å². The van der Waals surface area contributed by atoms with Crippen molar-refractivity contribution in [2.75, 3.05) is 0 Å². The lowest BCUT2D eigenvalue weighted by atomic mass is 9.81. The summed E-state index contributed by atoms with van der Waals surface area (Å²) in [6, 6.07) is 5.87. The standard InChI is InChI=1S/C13H15NO4/c15-12-7-2-1-6-11(12)13(16)9-4-3-5-10(8-9)14(17)18/h3-5,8,11,13,16H,1-2,6-7H2/t11?,13-/m0/s1. The highest BCUT2D eigenvalue weighted by Crippen LogP contribution is 2.33. The lowest BCUT2D eigenvalue weighted by molar-refractivity contribution is -0.385. The molecule has 1 aliphatic carbocycles. The van der Waals surface area contributed by atoms with Gasteiger partial charge in [0.1, 0.15) is 5.78 Å². The van der Waals surface area contributed by atoms with Crippen molar-refractivity contribution < 1.29 is 14.8 Å². The number of aliphatic hydroxyl groups excluding tert-OH is 1. The van der Waals surface area contributed by atoms with E-state index in [9.17, 15) is 20.0 Å². The number of rotatable bonds is 3. The van der Waals surface area contributed by atoms with Crippen LogP contribution >= 0.6 is 0 Å². The van der Waals surface area contributed by atoms with Gasteiger partial charge in [-0.3, -0.25) is 14.9 Å². The second-order valence-electron chi connectivity index (χ2n) is 4.62. The van der Waals surface area contributed by atoms with Crippen LogP contribution in [0.4, 0.5) is 5.69 Å². The van der Waals surface area contributed by atoms with Crippen LogP contribution in [0.5, 0.6) is 0 Å². The third-order valence-corrected chi connectivity index (χ3v) is 3.41. The van der Waals surface area contributed by atoms with Crippen molar-refractivity contribution in [2.24, 2.45) is 5.92 Å². The van der Waals surface area contributed by atoms with Gasteiger partial charge in [-0.1, -0.05) is 18.6 Å². The van der Waals surface area contributed by atoms with E-state index < -0.39 is 16.9 Å². The van der Waals surface area contributed by atoms with Gasteiger partial charge >= 0.3 is 0 Å². The zero-order valence-electron chi connectivity index (χ0n) is 9.91. The second kappa shape index (κ2) is 5.27. The van der Waals surface area contributed by atoms with Crippen molar-refractivity contribution in [2.45, 2.75) is 31.8 Å². The highest BCUT2D eigenvalue weighted by molar-refractivity contribution is 5.82. The first-order valence-corrected chi connectivity index (χ1v) is 6.04. The molecule has 1 saturated carbocycles. The lowest BCUT2D eigenvalue weighted by Gasteiger charge is -2.25. The molecule has 5 nitrogen and oxygen atoms in total. The van der Waals surface area contributed by atoms with Gasteiger partial charge in [-0.15, -0.1) is 0 Å². The molecule has 96 valence electrons. The molecule has 0 aromatic heterocycles. The molecule has 2 rings (SSSR count). The molecule has 18 heavy (non-hydrogen) atoms. The normalized spacial score (nSPS) is 21.6. The topological polar surface area (TPSA) is 80.4 Å². The molecule has 5 heteroatoms. The number of nitrogens with zero attached hydrogens (tertiary/aromatic N) is 1. The van der Waals surface area contributed by atoms with E-state index in [0.717, 1.165) is 12.8 Å². The molecular weight excluding hydrogens is 234 g/mol. The number of carbonyl (C=O) groups is 1. The predicted molar refractivity (Wildman–Crippen MR) is 65.0 cm³/mol. The van der Waals surface area contributed by atoms with Crippen molar-refractivity contribution in [3.63, 3.8) is 0 Å². The molecule has 1 aliphatic rings. The van der Waals surface area contributed by atoms with Crippen molar-refractivity contribution in [1.29, 1.82) is 0 Å². The summed E-state index contributed by atoms with van der Waals surface area (Å²) in [6.07, 6.45) is 2.01. The Labute approximate surface area is 105 Å². The Morgan fingerprint density at radius 2 is 2.17 bits per heavy atom. The van der Waals surface area contributed by atoms with Gasteiger partial charge in [-0.25, -0.2) is 0 Å². The minimum Gasteiger partial charge on any atom is -0.388 e. The average Bonchev–Trinajstić information content (AvgIpc) is 2.38. The van der Waals surface area contributed by atoms with E-state index in [4.69, 9.17) is 0 Å². The summed E-state index contributed by atoms with van der Waals surface area (Å²) >= 11 is 0. The fourth-order valence-corrected chi connectivity index (χ4v) is 2.40. The number of aliphatic hydroxyl groups is 1. The Morgan fingerprint density at radius 1 is 1.39 bits per heavy atom. The van der Waals surface area contributed by atoms with E-state index in [2.05, 4.69) is 0 Å². The number of non-ortho nitro benzene ring substituents is 1. The molecule has 1 aromatic carbocycles. The van der Waals surface area contributed by atoms with Gasteiger partial charge < -0.3 is 5.11 Å². The Morgan fingerprint density at radius 3 is 2.83 bits per heavy atom. The maximum Gasteiger partial charge on any atom is 0.269 e. The molecule has 0 radical (unpaired) electrons. The van der Waals surface area contributed by atoms with Crippen molar-refractivity contribution in [3.8, 4) is 0 Å². The maximum absolute atomic E-state index is 11.7. The van der Waals surface area contributed by atoms with Crippen LogP contribution in [0.15, 0.2) is 24.3 Å². The summed E-state index contributed by atoms with van der Waals surface area (Å²) in [7, 11) is 0. The first kappa shape index (κ1) is 12.7. The minimum atomic E-state index is -0.933. The van der Waals surface area contributed by atoms with Crippen molar-refractivity contribution >= 4 is 11.5 Å². The number of nitro benzene ring substituents is 1. The third-order valence-electron chi connectivity index (χ3n) is 3.41. The van der Waals surface area contributed by atoms with Gasteiger partial charge in [0, 0.05) is 24.5 Å². The molecule has 0 heterocycles. The molecule has 2 atom stereocenters. The summed E-state index contributed by atoms with van der Waals surface area (Å²) in [5.41, 5.74) is 0.388. The highest BCUT2D eigenvalue weighted by atomic mass is 16.6. The second-order valence-corrected chi connectivity index (χ2v) is 4.62. The van der Waals surface area contributed by atoms with Crippen LogP contribution in [0.2, 0.25) is 0 Å². The van der Waals surface area contributed by atoms with Crippen LogP contribution in [-0.2, 0) is 4.79 Å². The lowest BCUT2D eigenvalue weighted by Crippen LogP contribution is -2.25. The number of carbonyl (C=O) groups excluding carboxylic acids is 1. The van der Waals surface area contributed by atoms with Crippen LogP contribution in [0.3, 0.4) is 0 Å². The maximum atomic E-state index is 11.7. The number of Topliss-reactive ketones (excluding diaryl/α,β-unsaturated/α-hetero) is 1. The summed E-state index contributed by atoms with van der Waals surface area (Å²) in [6.45, 7) is 0. The van der Waals surface area contributed by atoms with Crippen LogP contribution in [0.25, 0.3) is 0 Å². The first-order valence-electron chi connectivity index (χ1n) is 6.04. The van der Waals surface area contributed by atoms with E-state index in [1.54, 1.807) is 6.07 Å². The van der Waals surface area contributed by atoms with Crippen molar-refractivity contribution in [3.05, 3.63) is 39.9 Å². The average molecular weight is 249 g/mol. The van der Waals surface area contributed by atoms with Crippen LogP contribution in [0, 0.1) is 16.0 Å². The zero-order chi connectivity index (χ0) is 13.1. The fraction of sp³-hybridized carbons (Fsp3) is 0.462. The zero-order valence-corrected chi connectivity index (χ0v) is 9.91. The van der Waals surface area contributed by atoms with Crippen molar-refractivity contribution in [1.82, 2.24) is 0 Å². The van der Waals surface area contributed by atoms with Gasteiger partial charge in [-0.2, -0.15) is 0 Å². The monoisotopic (exact) mass is 249 g/mol. The van der Waals surface area contributed by atoms with Gasteiger partial charge in [0.2, 0.25) is 0 Å². The number of hydrogen-bond donors (Lipinski definition) is 1. The smallest absolute Gasteiger partial charge is 0.269 e. The number of nitro groups is 1. The summed E-state index contributed by atoms with van der Waals surface area (Å²) in [5, 5.41) is 20.9. The summed E-state index contributed by atoms with van der Waals surface area (Å²) in [5.74, 6) is -0.360. The largest absolute Gasteiger partial charge is 0.388 e. The van der Waals surface area contributed by atoms with E-state index in [1.807, 2.05) is 0 Å². The molecule has 0 amide bonds. The first-order chi connectivity index (χ1) is 8.59. The molecule has 0 spiro atoms. The van der Waals surface area contributed by atoms with E-state index >= 15 is 0 Å². The summed E-state index contributed by atoms with van der Waals surface area (Å²) in [4.78, 5) is 21.9. The molecule has 1 fully saturated rings. The predicted octanol–water partition coefficient (Wildman–Crippen LogP) is 2.39. The Bertz CT molecular complexity index is 472. The molecule has 1 N–H and O–H groups in total. The SMILES string of the molecule is O=C1CCCCC1[C@@H](O)c1cccc([N+](=O)[O-])c1. The van der Waals surface area contributed by atoms with Crippen LogP contribution in [-0.4, -0.2) is 15.8 Å². The molecular formula is C13H15NO4. The minimum absolute atomic E-state index is 0.0558. The Balaban J connectivity index is 2.22. The van der Waals surface area contributed by atoms with Gasteiger partial charge in [0.05, 0.1) is 11.0 Å². The molecule has 1 aromatic rings. The highest BCUT2D eigenvalue weighted by Gasteiger charge is 2.30. The number of benzene rings is 1. The fourth-order valence-electron chi connectivity index (χ4n) is 2.40. The van der Waals surface area contributed by atoms with E-state index in [1.165, 1.54) is 18.2 Å². The molecule has 1 unspecified atom stereocenters. The van der Waals surface area contributed by atoms with Crippen LogP contribution < -0.4 is 0 Å². The van der Waals surface area contributed by atoms with E-state index in [0.29, 0.717) is 18.4 Å². The number of ketones is 1.